The molecule has 0 saturated heterocycles. The van der Waals surface area contributed by atoms with Crippen molar-refractivity contribution in [1.82, 2.24) is 0 Å². The highest BCUT2D eigenvalue weighted by Crippen LogP contribution is 2.36. The summed E-state index contributed by atoms with van der Waals surface area (Å²) in [6, 6.07) is 7.68. The molecule has 0 radical (unpaired) electrons. The molecule has 0 amide bonds. The van der Waals surface area contributed by atoms with E-state index in [1.807, 2.05) is 0 Å². The zero-order valence-corrected chi connectivity index (χ0v) is 12.9. The maximum absolute atomic E-state index is 12.9. The normalized spacial score (nSPS) is 12.1. The van der Waals surface area contributed by atoms with E-state index in [-0.39, 0.29) is 18.2 Å². The zero-order valence-electron chi connectivity index (χ0n) is 12.9. The lowest BCUT2D eigenvalue weighted by molar-refractivity contribution is -0.143. The van der Waals surface area contributed by atoms with Gasteiger partial charge in [-0.05, 0) is 35.9 Å². The molecule has 0 aliphatic rings. The summed E-state index contributed by atoms with van der Waals surface area (Å²) in [5.74, 6) is 0. The highest BCUT2D eigenvalue weighted by molar-refractivity contribution is 5.77. The second kappa shape index (κ2) is 6.78. The van der Waals surface area contributed by atoms with Crippen molar-refractivity contribution in [3.05, 3.63) is 64.7 Å². The Labute approximate surface area is 139 Å². The summed E-state index contributed by atoms with van der Waals surface area (Å²) in [5, 5.41) is 0. The summed E-state index contributed by atoms with van der Waals surface area (Å²) in [4.78, 5) is 12.2. The fraction of sp³-hybridized carbons (Fsp3) is 0.235. The lowest BCUT2D eigenvalue weighted by atomic mass is 10.0. The highest BCUT2D eigenvalue weighted by atomic mass is 19.4. The minimum atomic E-state index is -4.88. The van der Waals surface area contributed by atoms with E-state index >= 15 is 0 Å². The Morgan fingerprint density at radius 2 is 1.48 bits per heavy atom. The Morgan fingerprint density at radius 3 is 1.96 bits per heavy atom. The number of aldehydes is 1. The largest absolute Gasteiger partial charge is 0.416 e. The number of halogens is 6. The van der Waals surface area contributed by atoms with Gasteiger partial charge in [-0.3, -0.25) is 4.79 Å². The summed E-state index contributed by atoms with van der Waals surface area (Å²) < 4.78 is 77.3. The fourth-order valence-electron chi connectivity index (χ4n) is 2.31. The second-order valence-electron chi connectivity index (χ2n) is 5.48. The van der Waals surface area contributed by atoms with Gasteiger partial charge in [0.2, 0.25) is 0 Å². The Bertz CT molecular complexity index is 734. The van der Waals surface area contributed by atoms with E-state index in [1.54, 1.807) is 12.1 Å². The zero-order chi connectivity index (χ0) is 18.8. The average Bonchev–Trinajstić information content (AvgIpc) is 2.53. The lowest BCUT2D eigenvalue weighted by Crippen LogP contribution is -2.18. The maximum atomic E-state index is 12.9. The van der Waals surface area contributed by atoms with E-state index in [4.69, 9.17) is 0 Å². The van der Waals surface area contributed by atoms with Crippen molar-refractivity contribution in [2.24, 2.45) is 0 Å². The molecule has 0 saturated carbocycles. The van der Waals surface area contributed by atoms with Crippen LogP contribution in [0.3, 0.4) is 0 Å². The second-order valence-corrected chi connectivity index (χ2v) is 5.48. The molecule has 0 aromatic heterocycles. The van der Waals surface area contributed by atoms with Crippen LogP contribution in [0.15, 0.2) is 42.5 Å². The van der Waals surface area contributed by atoms with E-state index in [1.165, 1.54) is 24.1 Å². The fourth-order valence-corrected chi connectivity index (χ4v) is 2.31. The number of alkyl halides is 6. The molecule has 2 aromatic carbocycles. The summed E-state index contributed by atoms with van der Waals surface area (Å²) in [5.41, 5.74) is -2.00. The van der Waals surface area contributed by atoms with Crippen LogP contribution in [0.4, 0.5) is 32.0 Å². The molecule has 0 aliphatic heterocycles. The topological polar surface area (TPSA) is 20.3 Å². The van der Waals surface area contributed by atoms with Crippen molar-refractivity contribution in [3.63, 3.8) is 0 Å². The number of nitrogens with zero attached hydrogens (tertiary/aromatic N) is 1. The predicted molar refractivity (Wildman–Crippen MR) is 80.4 cm³/mol. The summed E-state index contributed by atoms with van der Waals surface area (Å²) >= 11 is 0. The molecule has 0 heterocycles. The molecule has 2 nitrogen and oxygen atoms in total. The molecule has 0 N–H and O–H groups in total. The first-order chi connectivity index (χ1) is 11.5. The van der Waals surface area contributed by atoms with Crippen molar-refractivity contribution < 1.29 is 31.1 Å². The molecular weight excluding hydrogens is 348 g/mol. The first-order valence-electron chi connectivity index (χ1n) is 7.05. The number of carbonyl (C=O) groups is 1. The number of rotatable bonds is 4. The summed E-state index contributed by atoms with van der Waals surface area (Å²) in [7, 11) is 1.51. The molecular formula is C17H13F6NO. The van der Waals surface area contributed by atoms with E-state index in [0.717, 1.165) is 0 Å². The molecule has 0 unspecified atom stereocenters. The first kappa shape index (κ1) is 18.8. The highest BCUT2D eigenvalue weighted by Gasteiger charge is 2.36. The molecule has 0 atom stereocenters. The number of carbonyl (C=O) groups excluding carboxylic acids is 1. The van der Waals surface area contributed by atoms with Crippen molar-refractivity contribution in [2.45, 2.75) is 18.9 Å². The van der Waals surface area contributed by atoms with E-state index < -0.39 is 23.5 Å². The van der Waals surface area contributed by atoms with Crippen LogP contribution in [0.25, 0.3) is 0 Å². The van der Waals surface area contributed by atoms with Crippen LogP contribution < -0.4 is 4.90 Å². The Balaban J connectivity index is 2.39. The minimum Gasteiger partial charge on any atom is -0.370 e. The minimum absolute atomic E-state index is 0.0938. The quantitative estimate of drug-likeness (QED) is 0.553. The van der Waals surface area contributed by atoms with Gasteiger partial charge in [-0.2, -0.15) is 26.3 Å². The van der Waals surface area contributed by atoms with Crippen LogP contribution in [0, 0.1) is 0 Å². The molecule has 0 aliphatic carbocycles. The van der Waals surface area contributed by atoms with Gasteiger partial charge >= 0.3 is 12.4 Å². The van der Waals surface area contributed by atoms with Crippen molar-refractivity contribution >= 4 is 12.0 Å². The Hall–Kier alpha value is -2.51. The van der Waals surface area contributed by atoms with Crippen LogP contribution >= 0.6 is 0 Å². The van der Waals surface area contributed by atoms with Gasteiger partial charge in [0.15, 0.2) is 0 Å². The average molecular weight is 361 g/mol. The van der Waals surface area contributed by atoms with Crippen LogP contribution in [-0.2, 0) is 18.9 Å². The number of benzene rings is 2. The van der Waals surface area contributed by atoms with Gasteiger partial charge < -0.3 is 4.90 Å². The van der Waals surface area contributed by atoms with Gasteiger partial charge in [0.05, 0.1) is 11.1 Å². The number of hydrogen-bond donors (Lipinski definition) is 0. The third kappa shape index (κ3) is 4.74. The van der Waals surface area contributed by atoms with Gasteiger partial charge in [-0.1, -0.05) is 12.1 Å². The molecule has 0 fully saturated rings. The van der Waals surface area contributed by atoms with Crippen molar-refractivity contribution in [2.75, 3.05) is 11.9 Å². The molecule has 134 valence electrons. The monoisotopic (exact) mass is 361 g/mol. The van der Waals surface area contributed by atoms with Crippen LogP contribution in [-0.4, -0.2) is 13.3 Å². The SMILES string of the molecule is CN(Cc1cc(C(F)(F)F)cc(C(F)(F)F)c1)c1cccc(C=O)c1. The molecule has 0 spiro atoms. The molecule has 8 heteroatoms. The maximum Gasteiger partial charge on any atom is 0.416 e. The third-order valence-corrected chi connectivity index (χ3v) is 3.51. The van der Waals surface area contributed by atoms with Crippen LogP contribution in [0.5, 0.6) is 0 Å². The van der Waals surface area contributed by atoms with Gasteiger partial charge in [0.25, 0.3) is 0 Å². The molecule has 2 rings (SSSR count). The van der Waals surface area contributed by atoms with Gasteiger partial charge in [0.1, 0.15) is 6.29 Å². The van der Waals surface area contributed by atoms with Gasteiger partial charge in [0, 0.05) is 24.8 Å². The van der Waals surface area contributed by atoms with Gasteiger partial charge in [-0.25, -0.2) is 0 Å². The van der Waals surface area contributed by atoms with Crippen molar-refractivity contribution in [3.8, 4) is 0 Å². The van der Waals surface area contributed by atoms with Gasteiger partial charge in [-0.15, -0.1) is 0 Å². The smallest absolute Gasteiger partial charge is 0.370 e. The number of hydrogen-bond acceptors (Lipinski definition) is 2. The van der Waals surface area contributed by atoms with E-state index in [2.05, 4.69) is 0 Å². The van der Waals surface area contributed by atoms with E-state index in [9.17, 15) is 31.1 Å². The first-order valence-corrected chi connectivity index (χ1v) is 7.05. The van der Waals surface area contributed by atoms with Crippen LogP contribution in [0.2, 0.25) is 0 Å². The predicted octanol–water partition coefficient (Wildman–Crippen LogP) is 5.17. The van der Waals surface area contributed by atoms with E-state index in [0.29, 0.717) is 29.7 Å². The molecule has 2 aromatic rings. The third-order valence-electron chi connectivity index (χ3n) is 3.51. The Kier molecular flexibility index (Phi) is 5.10. The van der Waals surface area contributed by atoms with Crippen molar-refractivity contribution in [1.29, 1.82) is 0 Å². The molecule has 25 heavy (non-hydrogen) atoms. The summed E-state index contributed by atoms with van der Waals surface area (Å²) in [6.45, 7) is -0.185. The lowest BCUT2D eigenvalue weighted by Gasteiger charge is -2.21. The summed E-state index contributed by atoms with van der Waals surface area (Å²) in [6.07, 6.45) is -9.17. The van der Waals surface area contributed by atoms with Crippen LogP contribution in [0.1, 0.15) is 27.0 Å². The number of anilines is 1. The molecule has 0 bridgehead atoms. The standard InChI is InChI=1S/C17H13F6NO/c1-24(15-4-2-3-11(7-15)10-25)9-12-5-13(16(18,19)20)8-14(6-12)17(21,22)23/h2-8,10H,9H2,1H3. The Morgan fingerprint density at radius 1 is 0.920 bits per heavy atom.